The van der Waals surface area contributed by atoms with Crippen molar-refractivity contribution in [3.8, 4) is 0 Å². The lowest BCUT2D eigenvalue weighted by Gasteiger charge is -2.32. The molecule has 1 saturated heterocycles. The van der Waals surface area contributed by atoms with Gasteiger partial charge in [-0.1, -0.05) is 37.3 Å². The van der Waals surface area contributed by atoms with E-state index in [1.807, 2.05) is 6.07 Å². The molecule has 3 nitrogen and oxygen atoms in total. The first-order valence-corrected chi connectivity index (χ1v) is 7.34. The van der Waals surface area contributed by atoms with Crippen LogP contribution in [0.1, 0.15) is 31.9 Å². The van der Waals surface area contributed by atoms with Gasteiger partial charge in [0.25, 0.3) is 0 Å². The van der Waals surface area contributed by atoms with Gasteiger partial charge in [-0.2, -0.15) is 0 Å². The zero-order chi connectivity index (χ0) is 13.5. The van der Waals surface area contributed by atoms with Gasteiger partial charge in [-0.3, -0.25) is 0 Å². The third kappa shape index (κ3) is 3.78. The lowest BCUT2D eigenvalue weighted by atomic mass is 9.90. The Hall–Kier alpha value is -0.900. The molecule has 0 saturated carbocycles. The zero-order valence-electron chi connectivity index (χ0n) is 12.0. The Kier molecular flexibility index (Phi) is 5.83. The summed E-state index contributed by atoms with van der Waals surface area (Å²) in [5, 5.41) is 3.60. The second kappa shape index (κ2) is 7.63. The van der Waals surface area contributed by atoms with Gasteiger partial charge in [-0.25, -0.2) is 0 Å². The van der Waals surface area contributed by atoms with Crippen LogP contribution in [0, 0.1) is 5.92 Å². The highest BCUT2D eigenvalue weighted by atomic mass is 16.5. The van der Waals surface area contributed by atoms with Crippen LogP contribution in [0.15, 0.2) is 30.3 Å². The highest BCUT2D eigenvalue weighted by Gasteiger charge is 2.32. The van der Waals surface area contributed by atoms with Crippen molar-refractivity contribution >= 4 is 0 Å². The van der Waals surface area contributed by atoms with Crippen LogP contribution >= 0.6 is 0 Å². The summed E-state index contributed by atoms with van der Waals surface area (Å²) in [4.78, 5) is 0. The van der Waals surface area contributed by atoms with Crippen LogP contribution in [0.3, 0.4) is 0 Å². The maximum Gasteiger partial charge on any atom is 0.0981 e. The van der Waals surface area contributed by atoms with Crippen LogP contribution in [0.5, 0.6) is 0 Å². The van der Waals surface area contributed by atoms with Gasteiger partial charge < -0.3 is 14.8 Å². The highest BCUT2D eigenvalue weighted by molar-refractivity contribution is 5.19. The average Bonchev–Trinajstić information content (AvgIpc) is 2.97. The van der Waals surface area contributed by atoms with Crippen molar-refractivity contribution in [2.45, 2.75) is 32.4 Å². The third-order valence-electron chi connectivity index (χ3n) is 3.71. The maximum absolute atomic E-state index is 6.04. The van der Waals surface area contributed by atoms with Crippen LogP contribution in [0.4, 0.5) is 0 Å². The first-order chi connectivity index (χ1) is 9.36. The molecule has 0 spiro atoms. The molecule has 3 atom stereocenters. The Morgan fingerprint density at radius 1 is 1.32 bits per heavy atom. The zero-order valence-corrected chi connectivity index (χ0v) is 12.0. The van der Waals surface area contributed by atoms with Gasteiger partial charge in [0, 0.05) is 25.2 Å². The first kappa shape index (κ1) is 14.5. The minimum absolute atomic E-state index is 0.109. The summed E-state index contributed by atoms with van der Waals surface area (Å²) in [6, 6.07) is 10.8. The van der Waals surface area contributed by atoms with Crippen LogP contribution in [0.2, 0.25) is 0 Å². The van der Waals surface area contributed by atoms with Gasteiger partial charge in [0.15, 0.2) is 0 Å². The molecule has 3 heteroatoms. The summed E-state index contributed by atoms with van der Waals surface area (Å²) >= 11 is 0. The fraction of sp³-hybridized carbons (Fsp3) is 0.625. The van der Waals surface area contributed by atoms with Crippen molar-refractivity contribution < 1.29 is 9.47 Å². The third-order valence-corrected chi connectivity index (χ3v) is 3.71. The predicted molar refractivity (Wildman–Crippen MR) is 77.2 cm³/mol. The molecule has 1 fully saturated rings. The second-order valence-electron chi connectivity index (χ2n) is 4.99. The minimum atomic E-state index is 0.109. The molecule has 2 rings (SSSR count). The molecule has 0 bridgehead atoms. The van der Waals surface area contributed by atoms with E-state index in [0.717, 1.165) is 32.8 Å². The van der Waals surface area contributed by atoms with E-state index in [9.17, 15) is 0 Å². The Bertz CT molecular complexity index is 349. The van der Waals surface area contributed by atoms with Gasteiger partial charge in [-0.05, 0) is 25.5 Å². The molecule has 0 amide bonds. The summed E-state index contributed by atoms with van der Waals surface area (Å²) in [5.41, 5.74) is 1.25. The second-order valence-corrected chi connectivity index (χ2v) is 4.99. The van der Waals surface area contributed by atoms with Crippen molar-refractivity contribution in [3.05, 3.63) is 35.9 Å². The quantitative estimate of drug-likeness (QED) is 0.820. The lowest BCUT2D eigenvalue weighted by Crippen LogP contribution is -2.42. The first-order valence-electron chi connectivity index (χ1n) is 7.34. The number of rotatable bonds is 7. The standard InChI is InChI=1S/C16H25NO2/c1-3-17-15(14-10-11-18-12-14)16(19-4-2)13-8-6-5-7-9-13/h5-9,14-17H,3-4,10-12H2,1-2H3. The lowest BCUT2D eigenvalue weighted by molar-refractivity contribution is 0.0143. The summed E-state index contributed by atoms with van der Waals surface area (Å²) in [6.07, 6.45) is 1.23. The fourth-order valence-electron chi connectivity index (χ4n) is 2.82. The van der Waals surface area contributed by atoms with Crippen LogP contribution in [-0.4, -0.2) is 32.4 Å². The van der Waals surface area contributed by atoms with Crippen LogP contribution in [-0.2, 0) is 9.47 Å². The van der Waals surface area contributed by atoms with Crippen LogP contribution < -0.4 is 5.32 Å². The van der Waals surface area contributed by atoms with E-state index in [2.05, 4.69) is 43.4 Å². The number of ether oxygens (including phenoxy) is 2. The minimum Gasteiger partial charge on any atom is -0.381 e. The molecule has 19 heavy (non-hydrogen) atoms. The number of nitrogens with one attached hydrogen (secondary N) is 1. The number of likely N-dealkylation sites (N-methyl/N-ethyl adjacent to an activating group) is 1. The van der Waals surface area contributed by atoms with Crippen molar-refractivity contribution in [1.82, 2.24) is 5.32 Å². The van der Waals surface area contributed by atoms with Crippen molar-refractivity contribution in [1.29, 1.82) is 0 Å². The molecule has 1 heterocycles. The monoisotopic (exact) mass is 263 g/mol. The predicted octanol–water partition coefficient (Wildman–Crippen LogP) is 2.78. The van der Waals surface area contributed by atoms with E-state index in [1.54, 1.807) is 0 Å². The summed E-state index contributed by atoms with van der Waals surface area (Å²) < 4.78 is 11.6. The average molecular weight is 263 g/mol. The number of benzene rings is 1. The van der Waals surface area contributed by atoms with Crippen molar-refractivity contribution in [3.63, 3.8) is 0 Å². The number of hydrogen-bond donors (Lipinski definition) is 1. The normalized spacial score (nSPS) is 22.3. The Morgan fingerprint density at radius 3 is 2.68 bits per heavy atom. The molecule has 1 N–H and O–H groups in total. The van der Waals surface area contributed by atoms with Gasteiger partial charge in [0.1, 0.15) is 0 Å². The molecule has 0 aromatic heterocycles. The number of hydrogen-bond acceptors (Lipinski definition) is 3. The Labute approximate surface area is 116 Å². The summed E-state index contributed by atoms with van der Waals surface area (Å²) in [7, 11) is 0. The molecule has 1 aliphatic heterocycles. The topological polar surface area (TPSA) is 30.5 Å². The molecule has 0 radical (unpaired) electrons. The van der Waals surface area contributed by atoms with Crippen molar-refractivity contribution in [2.24, 2.45) is 5.92 Å². The van der Waals surface area contributed by atoms with E-state index in [0.29, 0.717) is 12.0 Å². The molecule has 1 aromatic carbocycles. The van der Waals surface area contributed by atoms with Crippen LogP contribution in [0.25, 0.3) is 0 Å². The van der Waals surface area contributed by atoms with Gasteiger partial charge >= 0.3 is 0 Å². The highest BCUT2D eigenvalue weighted by Crippen LogP contribution is 2.30. The molecule has 3 unspecified atom stereocenters. The smallest absolute Gasteiger partial charge is 0.0981 e. The van der Waals surface area contributed by atoms with Gasteiger partial charge in [0.05, 0.1) is 12.7 Å². The molecule has 1 aromatic rings. The van der Waals surface area contributed by atoms with E-state index >= 15 is 0 Å². The summed E-state index contributed by atoms with van der Waals surface area (Å²) in [5.74, 6) is 0.539. The van der Waals surface area contributed by atoms with Gasteiger partial charge in [0.2, 0.25) is 0 Å². The van der Waals surface area contributed by atoms with E-state index in [-0.39, 0.29) is 6.10 Å². The maximum atomic E-state index is 6.04. The van der Waals surface area contributed by atoms with Crippen molar-refractivity contribution in [2.75, 3.05) is 26.4 Å². The largest absolute Gasteiger partial charge is 0.381 e. The Morgan fingerprint density at radius 2 is 2.11 bits per heavy atom. The summed E-state index contributed by atoms with van der Waals surface area (Å²) in [6.45, 7) is 7.61. The SMILES string of the molecule is CCNC(C1CCOC1)C(OCC)c1ccccc1. The van der Waals surface area contributed by atoms with E-state index in [1.165, 1.54) is 5.56 Å². The van der Waals surface area contributed by atoms with E-state index in [4.69, 9.17) is 9.47 Å². The molecular formula is C16H25NO2. The van der Waals surface area contributed by atoms with E-state index < -0.39 is 0 Å². The molecule has 0 aliphatic carbocycles. The van der Waals surface area contributed by atoms with Gasteiger partial charge in [-0.15, -0.1) is 0 Å². The fourth-order valence-corrected chi connectivity index (χ4v) is 2.82. The molecule has 1 aliphatic rings. The Balaban J connectivity index is 2.18. The molecule has 106 valence electrons. The molecular weight excluding hydrogens is 238 g/mol.